The summed E-state index contributed by atoms with van der Waals surface area (Å²) in [4.78, 5) is 23.7. The fourth-order valence-corrected chi connectivity index (χ4v) is 11.8. The summed E-state index contributed by atoms with van der Waals surface area (Å²) in [5.41, 5.74) is 14.4. The second kappa shape index (κ2) is 13.9. The maximum Gasteiger partial charge on any atom is 0.164 e. The van der Waals surface area contributed by atoms with Crippen LogP contribution in [0, 0.1) is 0 Å². The van der Waals surface area contributed by atoms with E-state index >= 15 is 0 Å². The summed E-state index contributed by atoms with van der Waals surface area (Å²) in [5.74, 6) is 1.74. The fourth-order valence-electron chi connectivity index (χ4n) is 10.6. The van der Waals surface area contributed by atoms with Gasteiger partial charge in [0.05, 0.1) is 16.6 Å². The van der Waals surface area contributed by atoms with E-state index in [2.05, 4.69) is 146 Å². The highest BCUT2D eigenvalue weighted by molar-refractivity contribution is 7.99. The molecule has 0 saturated heterocycles. The van der Waals surface area contributed by atoms with Gasteiger partial charge in [0, 0.05) is 53.6 Å². The monoisotopic (exact) mass is 846 g/mol. The number of nitrogens with zero attached hydrogens (tertiary/aromatic N) is 4. The van der Waals surface area contributed by atoms with Gasteiger partial charge in [-0.2, -0.15) is 0 Å². The molecule has 0 amide bonds. The van der Waals surface area contributed by atoms with Crippen molar-refractivity contribution in [3.8, 4) is 56.5 Å². The van der Waals surface area contributed by atoms with Crippen molar-refractivity contribution in [2.75, 3.05) is 0 Å². The van der Waals surface area contributed by atoms with E-state index in [-0.39, 0.29) is 0 Å². The minimum absolute atomic E-state index is 0.501. The number of hydrogen-bond donors (Lipinski definition) is 0. The van der Waals surface area contributed by atoms with Crippen LogP contribution in [-0.2, 0) is 5.41 Å². The summed E-state index contributed by atoms with van der Waals surface area (Å²) in [6.07, 6.45) is 0. The standard InChI is InChI=1S/C59H34N4OS/c1-3-16-35(17-4-1)55-44-33-43-38-20-7-9-23-45(38)59(46-24-10-13-28-52(46)65-53-29-14-11-25-47(53)59)48(43)34-42(44)39-31-30-37(32-49(39)60-55)57-61-56(36-18-5-2-6-19-36)62-58(63-57)41-22-15-27-51-54(41)40-21-8-12-26-50(40)64-51/h1-34H. The highest BCUT2D eigenvalue weighted by Crippen LogP contribution is 2.63. The smallest absolute Gasteiger partial charge is 0.164 e. The molecule has 6 heteroatoms. The molecule has 12 aromatic rings. The van der Waals surface area contributed by atoms with Crippen LogP contribution in [0.15, 0.2) is 220 Å². The van der Waals surface area contributed by atoms with Crippen molar-refractivity contribution >= 4 is 55.4 Å². The van der Waals surface area contributed by atoms with E-state index in [1.54, 1.807) is 0 Å². The summed E-state index contributed by atoms with van der Waals surface area (Å²) in [5, 5.41) is 5.33. The number of aromatic nitrogens is 4. The Labute approximate surface area is 378 Å². The number of furan rings is 1. The topological polar surface area (TPSA) is 64.7 Å². The van der Waals surface area contributed by atoms with Gasteiger partial charge >= 0.3 is 0 Å². The van der Waals surface area contributed by atoms with Gasteiger partial charge in [0.1, 0.15) is 11.2 Å². The van der Waals surface area contributed by atoms with Gasteiger partial charge in [-0.1, -0.05) is 176 Å². The van der Waals surface area contributed by atoms with Crippen molar-refractivity contribution in [2.45, 2.75) is 15.2 Å². The van der Waals surface area contributed by atoms with Gasteiger partial charge in [0.25, 0.3) is 0 Å². The second-order valence-electron chi connectivity index (χ2n) is 16.8. The Hall–Kier alpha value is -8.19. The normalized spacial score (nSPS) is 13.3. The summed E-state index contributed by atoms with van der Waals surface area (Å²) >= 11 is 1.87. The average molecular weight is 847 g/mol. The van der Waals surface area contributed by atoms with Crippen LogP contribution in [0.5, 0.6) is 0 Å². The quantitative estimate of drug-likeness (QED) is 0.164. The molecule has 65 heavy (non-hydrogen) atoms. The molecule has 9 aromatic carbocycles. The predicted molar refractivity (Wildman–Crippen MR) is 263 cm³/mol. The van der Waals surface area contributed by atoms with Crippen molar-refractivity contribution in [1.82, 2.24) is 19.9 Å². The van der Waals surface area contributed by atoms with Crippen LogP contribution < -0.4 is 0 Å². The molecule has 0 unspecified atom stereocenters. The molecule has 0 N–H and O–H groups in total. The van der Waals surface area contributed by atoms with Gasteiger partial charge < -0.3 is 4.42 Å². The number of rotatable bonds is 4. The van der Waals surface area contributed by atoms with Crippen LogP contribution >= 0.6 is 11.8 Å². The third-order valence-electron chi connectivity index (χ3n) is 13.4. The van der Waals surface area contributed by atoms with Gasteiger partial charge in [0.2, 0.25) is 0 Å². The summed E-state index contributed by atoms with van der Waals surface area (Å²) < 4.78 is 6.31. The zero-order valence-corrected chi connectivity index (χ0v) is 35.6. The molecule has 5 nitrogen and oxygen atoms in total. The third-order valence-corrected chi connectivity index (χ3v) is 14.5. The molecule has 0 radical (unpaired) electrons. The van der Waals surface area contributed by atoms with E-state index in [9.17, 15) is 0 Å². The molecule has 0 saturated carbocycles. The maximum absolute atomic E-state index is 6.31. The van der Waals surface area contributed by atoms with Crippen LogP contribution in [0.1, 0.15) is 22.3 Å². The molecular formula is C59H34N4OS. The summed E-state index contributed by atoms with van der Waals surface area (Å²) in [6.45, 7) is 0. The predicted octanol–water partition coefficient (Wildman–Crippen LogP) is 15.0. The highest BCUT2D eigenvalue weighted by Gasteiger charge is 2.50. The molecule has 2 aliphatic rings. The van der Waals surface area contributed by atoms with Crippen molar-refractivity contribution in [1.29, 1.82) is 0 Å². The lowest BCUT2D eigenvalue weighted by atomic mass is 9.67. The molecule has 0 bridgehead atoms. The Balaban J connectivity index is 1.04. The first kappa shape index (κ1) is 36.3. The van der Waals surface area contributed by atoms with Crippen LogP contribution in [0.4, 0.5) is 0 Å². The first-order chi connectivity index (χ1) is 32.2. The van der Waals surface area contributed by atoms with Gasteiger partial charge in [-0.3, -0.25) is 0 Å². The van der Waals surface area contributed by atoms with Crippen LogP contribution in [0.25, 0.3) is 100 Å². The first-order valence-corrected chi connectivity index (χ1v) is 22.7. The Morgan fingerprint density at radius 1 is 0.354 bits per heavy atom. The molecular weight excluding hydrogens is 813 g/mol. The molecule has 4 heterocycles. The molecule has 1 spiro atoms. The Bertz CT molecular complexity index is 3890. The van der Waals surface area contributed by atoms with Gasteiger partial charge in [-0.25, -0.2) is 19.9 Å². The zero-order valence-electron chi connectivity index (χ0n) is 34.7. The number of fused-ring (bicyclic) bond motifs is 15. The van der Waals surface area contributed by atoms with Crippen molar-refractivity contribution in [3.05, 3.63) is 229 Å². The lowest BCUT2D eigenvalue weighted by Gasteiger charge is -2.39. The molecule has 302 valence electrons. The minimum Gasteiger partial charge on any atom is -0.456 e. The minimum atomic E-state index is -0.501. The molecule has 1 aliphatic heterocycles. The molecule has 0 fully saturated rings. The van der Waals surface area contributed by atoms with E-state index < -0.39 is 5.41 Å². The Kier molecular flexibility index (Phi) is 7.77. The average Bonchev–Trinajstić information content (AvgIpc) is 3.89. The second-order valence-corrected chi connectivity index (χ2v) is 17.9. The number of para-hydroxylation sites is 1. The molecule has 1 aliphatic carbocycles. The Morgan fingerprint density at radius 3 is 1.75 bits per heavy atom. The highest BCUT2D eigenvalue weighted by atomic mass is 32.2. The largest absolute Gasteiger partial charge is 0.456 e. The maximum atomic E-state index is 6.31. The molecule has 0 atom stereocenters. The number of pyridine rings is 1. The SMILES string of the molecule is c1ccc(-c2nc(-c3ccc4c(c3)nc(-c3ccccc3)c3cc5c(cc34)C3(c4ccccc4Sc4ccccc43)c3ccccc3-5)nc(-c3cccc4oc5ccccc5c34)n2)cc1. The van der Waals surface area contributed by atoms with Crippen LogP contribution in [-0.4, -0.2) is 19.9 Å². The van der Waals surface area contributed by atoms with E-state index in [0.717, 1.165) is 71.6 Å². The molecule has 3 aromatic heterocycles. The van der Waals surface area contributed by atoms with Crippen molar-refractivity contribution < 1.29 is 4.42 Å². The lowest BCUT2D eigenvalue weighted by Crippen LogP contribution is -2.31. The van der Waals surface area contributed by atoms with E-state index in [0.29, 0.717) is 17.5 Å². The Morgan fingerprint density at radius 2 is 0.969 bits per heavy atom. The zero-order chi connectivity index (χ0) is 42.6. The van der Waals surface area contributed by atoms with Crippen molar-refractivity contribution in [2.24, 2.45) is 0 Å². The van der Waals surface area contributed by atoms with E-state index in [4.69, 9.17) is 24.4 Å². The molecule has 14 rings (SSSR count). The summed E-state index contributed by atoms with van der Waals surface area (Å²) in [6, 6.07) is 73.3. The van der Waals surface area contributed by atoms with Crippen LogP contribution in [0.2, 0.25) is 0 Å². The van der Waals surface area contributed by atoms with E-state index in [1.807, 2.05) is 72.4 Å². The third kappa shape index (κ3) is 5.29. The van der Waals surface area contributed by atoms with E-state index in [1.165, 1.54) is 43.2 Å². The number of hydrogen-bond acceptors (Lipinski definition) is 6. The summed E-state index contributed by atoms with van der Waals surface area (Å²) in [7, 11) is 0. The van der Waals surface area contributed by atoms with Crippen molar-refractivity contribution in [3.63, 3.8) is 0 Å². The van der Waals surface area contributed by atoms with Gasteiger partial charge in [-0.15, -0.1) is 0 Å². The number of benzene rings is 9. The first-order valence-electron chi connectivity index (χ1n) is 21.9. The lowest BCUT2D eigenvalue weighted by molar-refractivity contribution is 0.669. The van der Waals surface area contributed by atoms with Gasteiger partial charge in [0.15, 0.2) is 17.5 Å². The van der Waals surface area contributed by atoms with Gasteiger partial charge in [-0.05, 0) is 81.2 Å². The van der Waals surface area contributed by atoms with Crippen LogP contribution in [0.3, 0.4) is 0 Å². The fraction of sp³-hybridized carbons (Fsp3) is 0.0169.